The number of nitrogens with zero attached hydrogens (tertiary/aromatic N) is 1. The zero-order valence-corrected chi connectivity index (χ0v) is 16.6. The van der Waals surface area contributed by atoms with Gasteiger partial charge in [-0.1, -0.05) is 115 Å². The minimum Gasteiger partial charge on any atom is -0.248 e. The third-order valence-corrected chi connectivity index (χ3v) is 5.29. The van der Waals surface area contributed by atoms with Crippen molar-refractivity contribution in [2.45, 2.75) is 0 Å². The van der Waals surface area contributed by atoms with E-state index in [1.54, 1.807) is 0 Å². The van der Waals surface area contributed by atoms with Crippen LogP contribution < -0.4 is 0 Å². The van der Waals surface area contributed by atoms with Crippen molar-refractivity contribution in [1.29, 1.82) is 0 Å². The van der Waals surface area contributed by atoms with Gasteiger partial charge in [0.25, 0.3) is 0 Å². The largest absolute Gasteiger partial charge is 0.248 e. The summed E-state index contributed by atoms with van der Waals surface area (Å²) < 4.78 is 0. The van der Waals surface area contributed by atoms with Crippen LogP contribution in [0.5, 0.6) is 0 Å². The Hall–Kier alpha value is -3.97. The predicted octanol–water partition coefficient (Wildman–Crippen LogP) is 7.75. The Balaban J connectivity index is 1.60. The van der Waals surface area contributed by atoms with Gasteiger partial charge in [0.1, 0.15) is 0 Å². The van der Waals surface area contributed by atoms with Gasteiger partial charge in [0, 0.05) is 11.1 Å². The molecule has 142 valence electrons. The van der Waals surface area contributed by atoms with E-state index in [9.17, 15) is 0 Å². The predicted molar refractivity (Wildman–Crippen MR) is 126 cm³/mol. The van der Waals surface area contributed by atoms with Crippen LogP contribution in [-0.4, -0.2) is 4.98 Å². The Bertz CT molecular complexity index is 1180. The first-order valence-corrected chi connectivity index (χ1v) is 10.2. The molecule has 30 heavy (non-hydrogen) atoms. The normalized spacial score (nSPS) is 10.7. The summed E-state index contributed by atoms with van der Waals surface area (Å²) in [5, 5.41) is 0. The molecule has 1 nitrogen and oxygen atoms in total. The second kappa shape index (κ2) is 8.18. The van der Waals surface area contributed by atoms with Gasteiger partial charge in [0.15, 0.2) is 0 Å². The molecule has 0 spiro atoms. The van der Waals surface area contributed by atoms with Crippen LogP contribution in [0.2, 0.25) is 0 Å². The van der Waals surface area contributed by atoms with E-state index in [1.807, 2.05) is 18.2 Å². The Morgan fingerprint density at radius 3 is 1.13 bits per heavy atom. The first-order chi connectivity index (χ1) is 14.9. The van der Waals surface area contributed by atoms with E-state index in [-0.39, 0.29) is 0 Å². The molecule has 0 saturated heterocycles. The van der Waals surface area contributed by atoms with Gasteiger partial charge < -0.3 is 0 Å². The summed E-state index contributed by atoms with van der Waals surface area (Å²) >= 11 is 0. The lowest BCUT2D eigenvalue weighted by molar-refractivity contribution is 1.32. The summed E-state index contributed by atoms with van der Waals surface area (Å²) in [5.74, 6) is 0. The molecule has 5 aromatic rings. The van der Waals surface area contributed by atoms with Crippen molar-refractivity contribution in [3.8, 4) is 44.8 Å². The maximum atomic E-state index is 5.00. The van der Waals surface area contributed by atoms with Gasteiger partial charge in [0.2, 0.25) is 0 Å². The fraction of sp³-hybridized carbons (Fsp3) is 0. The quantitative estimate of drug-likeness (QED) is 0.309. The number of rotatable bonds is 4. The topological polar surface area (TPSA) is 12.9 Å². The van der Waals surface area contributed by atoms with Crippen LogP contribution in [0.15, 0.2) is 127 Å². The molecule has 0 fully saturated rings. The lowest BCUT2D eigenvalue weighted by Gasteiger charge is -2.11. The third kappa shape index (κ3) is 3.78. The van der Waals surface area contributed by atoms with Crippen LogP contribution >= 0.6 is 0 Å². The van der Waals surface area contributed by atoms with Gasteiger partial charge in [-0.05, 0) is 34.4 Å². The highest BCUT2D eigenvalue weighted by atomic mass is 14.7. The van der Waals surface area contributed by atoms with Gasteiger partial charge in [-0.2, -0.15) is 0 Å². The van der Waals surface area contributed by atoms with Crippen molar-refractivity contribution in [2.75, 3.05) is 0 Å². The Kier molecular flexibility index (Phi) is 4.93. The second-order valence-corrected chi connectivity index (χ2v) is 7.30. The van der Waals surface area contributed by atoms with Gasteiger partial charge >= 0.3 is 0 Å². The average Bonchev–Trinajstić information content (AvgIpc) is 2.85. The number of pyridine rings is 1. The maximum Gasteiger partial charge on any atom is 0.0715 e. The molecule has 0 radical (unpaired) electrons. The zero-order chi connectivity index (χ0) is 20.2. The van der Waals surface area contributed by atoms with Crippen LogP contribution in [0.3, 0.4) is 0 Å². The smallest absolute Gasteiger partial charge is 0.0715 e. The van der Waals surface area contributed by atoms with Crippen molar-refractivity contribution in [3.05, 3.63) is 127 Å². The molecule has 0 N–H and O–H groups in total. The monoisotopic (exact) mass is 383 g/mol. The van der Waals surface area contributed by atoms with E-state index in [2.05, 4.69) is 109 Å². The van der Waals surface area contributed by atoms with Crippen LogP contribution in [-0.2, 0) is 0 Å². The highest BCUT2D eigenvalue weighted by molar-refractivity contribution is 5.77. The lowest BCUT2D eigenvalue weighted by Crippen LogP contribution is -1.91. The van der Waals surface area contributed by atoms with E-state index < -0.39 is 0 Å². The SMILES string of the molecule is c1ccc(-c2ccc(-c3cc(-c4ccccc4)cc(-c4ccccc4)n3)cc2)cc1. The van der Waals surface area contributed by atoms with Crippen molar-refractivity contribution >= 4 is 0 Å². The minimum atomic E-state index is 0.981. The molecule has 1 heterocycles. The summed E-state index contributed by atoms with van der Waals surface area (Å²) in [5.41, 5.74) is 9.00. The fourth-order valence-corrected chi connectivity index (χ4v) is 3.70. The van der Waals surface area contributed by atoms with Crippen molar-refractivity contribution < 1.29 is 0 Å². The molecule has 1 aromatic heterocycles. The standard InChI is InChI=1S/C29H21N/c1-4-10-22(11-5-1)24-16-18-26(19-17-24)29-21-27(23-12-6-2-7-13-23)20-28(30-29)25-14-8-3-9-15-25/h1-21H. The minimum absolute atomic E-state index is 0.981. The Morgan fingerprint density at radius 2 is 0.633 bits per heavy atom. The summed E-state index contributed by atoms with van der Waals surface area (Å²) in [6.07, 6.45) is 0. The molecule has 0 bridgehead atoms. The Labute approximate surface area is 177 Å². The molecule has 0 aliphatic heterocycles. The molecule has 0 aliphatic rings. The van der Waals surface area contributed by atoms with Crippen molar-refractivity contribution in [3.63, 3.8) is 0 Å². The average molecular weight is 383 g/mol. The molecular formula is C29H21N. The van der Waals surface area contributed by atoms with E-state index >= 15 is 0 Å². The summed E-state index contributed by atoms with van der Waals surface area (Å²) in [6.45, 7) is 0. The summed E-state index contributed by atoms with van der Waals surface area (Å²) in [7, 11) is 0. The molecule has 1 heteroatoms. The number of aromatic nitrogens is 1. The molecule has 0 unspecified atom stereocenters. The van der Waals surface area contributed by atoms with Gasteiger partial charge in [-0.15, -0.1) is 0 Å². The molecule has 0 atom stereocenters. The van der Waals surface area contributed by atoms with Crippen molar-refractivity contribution in [2.24, 2.45) is 0 Å². The highest BCUT2D eigenvalue weighted by Gasteiger charge is 2.09. The number of benzene rings is 4. The maximum absolute atomic E-state index is 5.00. The molecule has 0 saturated carbocycles. The highest BCUT2D eigenvalue weighted by Crippen LogP contribution is 2.31. The first-order valence-electron chi connectivity index (χ1n) is 10.2. The van der Waals surface area contributed by atoms with E-state index in [1.165, 1.54) is 22.3 Å². The van der Waals surface area contributed by atoms with Crippen LogP contribution in [0.25, 0.3) is 44.8 Å². The van der Waals surface area contributed by atoms with Gasteiger partial charge in [-0.25, -0.2) is 4.98 Å². The zero-order valence-electron chi connectivity index (χ0n) is 16.6. The Morgan fingerprint density at radius 1 is 0.300 bits per heavy atom. The third-order valence-electron chi connectivity index (χ3n) is 5.29. The summed E-state index contributed by atoms with van der Waals surface area (Å²) in [4.78, 5) is 5.00. The first kappa shape index (κ1) is 18.1. The van der Waals surface area contributed by atoms with E-state index in [4.69, 9.17) is 4.98 Å². The van der Waals surface area contributed by atoms with Crippen molar-refractivity contribution in [1.82, 2.24) is 4.98 Å². The fourth-order valence-electron chi connectivity index (χ4n) is 3.70. The lowest BCUT2D eigenvalue weighted by atomic mass is 9.98. The van der Waals surface area contributed by atoms with Gasteiger partial charge in [0.05, 0.1) is 11.4 Å². The second-order valence-electron chi connectivity index (χ2n) is 7.30. The molecule has 4 aromatic carbocycles. The number of hydrogen-bond acceptors (Lipinski definition) is 1. The number of hydrogen-bond donors (Lipinski definition) is 0. The van der Waals surface area contributed by atoms with Crippen LogP contribution in [0.4, 0.5) is 0 Å². The summed E-state index contributed by atoms with van der Waals surface area (Å²) in [6, 6.07) is 44.3. The molecule has 0 aliphatic carbocycles. The molecule has 5 rings (SSSR count). The van der Waals surface area contributed by atoms with E-state index in [0.717, 1.165) is 22.5 Å². The van der Waals surface area contributed by atoms with E-state index in [0.29, 0.717) is 0 Å². The molecular weight excluding hydrogens is 362 g/mol. The van der Waals surface area contributed by atoms with Crippen LogP contribution in [0.1, 0.15) is 0 Å². The van der Waals surface area contributed by atoms with Gasteiger partial charge in [-0.3, -0.25) is 0 Å². The molecule has 0 amide bonds. The van der Waals surface area contributed by atoms with Crippen LogP contribution in [0, 0.1) is 0 Å².